The van der Waals surface area contributed by atoms with Gasteiger partial charge in [0.25, 0.3) is 5.56 Å². The Morgan fingerprint density at radius 2 is 1.82 bits per heavy atom. The van der Waals surface area contributed by atoms with Crippen molar-refractivity contribution < 1.29 is 14.7 Å². The predicted octanol–water partition coefficient (Wildman–Crippen LogP) is -0.962. The molecule has 2 rings (SSSR count). The molecular formula is C14H16N4O4. The van der Waals surface area contributed by atoms with Gasteiger partial charge in [0.2, 0.25) is 0 Å². The molecule has 0 atom stereocenters. The van der Waals surface area contributed by atoms with Crippen molar-refractivity contribution in [1.29, 1.82) is 0 Å². The molecule has 0 aliphatic carbocycles. The number of aliphatic hydroxyl groups excluding tert-OH is 1. The second-order valence-corrected chi connectivity index (χ2v) is 4.56. The Labute approximate surface area is 125 Å². The van der Waals surface area contributed by atoms with Gasteiger partial charge in [0.05, 0.1) is 17.6 Å². The SMILES string of the molecule is O=C(NCCCO)C(=O)NCc1n[nH]c(=O)c2ccccc12. The Kier molecular flexibility index (Phi) is 5.21. The van der Waals surface area contributed by atoms with Crippen LogP contribution in [0.25, 0.3) is 10.8 Å². The van der Waals surface area contributed by atoms with Crippen LogP contribution >= 0.6 is 0 Å². The van der Waals surface area contributed by atoms with Crippen molar-refractivity contribution >= 4 is 22.6 Å². The molecule has 0 saturated heterocycles. The van der Waals surface area contributed by atoms with Gasteiger partial charge < -0.3 is 15.7 Å². The van der Waals surface area contributed by atoms with Crippen LogP contribution < -0.4 is 16.2 Å². The number of amides is 2. The Hall–Kier alpha value is -2.74. The summed E-state index contributed by atoms with van der Waals surface area (Å²) in [6.07, 6.45) is 0.380. The fraction of sp³-hybridized carbons (Fsp3) is 0.286. The molecule has 116 valence electrons. The number of aromatic nitrogens is 2. The number of carbonyl (C=O) groups is 2. The van der Waals surface area contributed by atoms with Crippen LogP contribution in [0.1, 0.15) is 12.1 Å². The van der Waals surface area contributed by atoms with Crippen LogP contribution in [-0.4, -0.2) is 40.3 Å². The van der Waals surface area contributed by atoms with Gasteiger partial charge in [-0.1, -0.05) is 18.2 Å². The predicted molar refractivity (Wildman–Crippen MR) is 78.9 cm³/mol. The van der Waals surface area contributed by atoms with E-state index in [-0.39, 0.29) is 25.3 Å². The minimum absolute atomic E-state index is 0.0174. The van der Waals surface area contributed by atoms with Crippen LogP contribution in [-0.2, 0) is 16.1 Å². The van der Waals surface area contributed by atoms with Gasteiger partial charge in [-0.2, -0.15) is 5.10 Å². The molecule has 0 aliphatic rings. The van der Waals surface area contributed by atoms with E-state index in [0.717, 1.165) is 0 Å². The average molecular weight is 304 g/mol. The molecule has 0 spiro atoms. The van der Waals surface area contributed by atoms with Gasteiger partial charge in [0.15, 0.2) is 0 Å². The third kappa shape index (κ3) is 3.67. The molecule has 2 amide bonds. The number of carbonyl (C=O) groups excluding carboxylic acids is 2. The van der Waals surface area contributed by atoms with Crippen LogP contribution in [0.4, 0.5) is 0 Å². The number of rotatable bonds is 5. The number of aliphatic hydroxyl groups is 1. The molecule has 1 heterocycles. The summed E-state index contributed by atoms with van der Waals surface area (Å²) in [6, 6.07) is 6.87. The van der Waals surface area contributed by atoms with Crippen LogP contribution in [0, 0.1) is 0 Å². The molecule has 22 heavy (non-hydrogen) atoms. The van der Waals surface area contributed by atoms with Crippen molar-refractivity contribution in [3.63, 3.8) is 0 Å². The molecule has 0 saturated carbocycles. The van der Waals surface area contributed by atoms with Crippen LogP contribution in [0.15, 0.2) is 29.1 Å². The van der Waals surface area contributed by atoms with Gasteiger partial charge in [0, 0.05) is 18.5 Å². The van der Waals surface area contributed by atoms with Gasteiger partial charge in [-0.15, -0.1) is 0 Å². The first-order valence-corrected chi connectivity index (χ1v) is 6.76. The number of benzene rings is 1. The summed E-state index contributed by atoms with van der Waals surface area (Å²) in [6.45, 7) is 0.182. The molecule has 1 aromatic heterocycles. The highest BCUT2D eigenvalue weighted by atomic mass is 16.3. The van der Waals surface area contributed by atoms with E-state index < -0.39 is 11.8 Å². The maximum atomic E-state index is 11.6. The first-order valence-electron chi connectivity index (χ1n) is 6.76. The normalized spacial score (nSPS) is 10.4. The lowest BCUT2D eigenvalue weighted by atomic mass is 10.1. The van der Waals surface area contributed by atoms with Crippen LogP contribution in [0.3, 0.4) is 0 Å². The summed E-state index contributed by atoms with van der Waals surface area (Å²) in [7, 11) is 0. The van der Waals surface area contributed by atoms with E-state index in [1.165, 1.54) is 0 Å². The number of fused-ring (bicyclic) bond motifs is 1. The summed E-state index contributed by atoms with van der Waals surface area (Å²) in [5.74, 6) is -1.57. The Bertz CT molecular complexity index is 741. The molecule has 2 aromatic rings. The van der Waals surface area contributed by atoms with Gasteiger partial charge in [0.1, 0.15) is 0 Å². The quantitative estimate of drug-likeness (QED) is 0.418. The third-order valence-corrected chi connectivity index (χ3v) is 3.02. The summed E-state index contributed by atoms with van der Waals surface area (Å²) in [4.78, 5) is 34.7. The van der Waals surface area contributed by atoms with E-state index >= 15 is 0 Å². The Balaban J connectivity index is 2.03. The highest BCUT2D eigenvalue weighted by Crippen LogP contribution is 2.11. The first-order chi connectivity index (χ1) is 10.6. The Morgan fingerprint density at radius 3 is 2.55 bits per heavy atom. The largest absolute Gasteiger partial charge is 0.396 e. The van der Waals surface area contributed by atoms with E-state index in [1.54, 1.807) is 24.3 Å². The lowest BCUT2D eigenvalue weighted by Gasteiger charge is -2.07. The highest BCUT2D eigenvalue weighted by Gasteiger charge is 2.13. The van der Waals surface area contributed by atoms with Crippen molar-refractivity contribution in [3.05, 3.63) is 40.3 Å². The summed E-state index contributed by atoms with van der Waals surface area (Å²) < 4.78 is 0. The summed E-state index contributed by atoms with van der Waals surface area (Å²) in [5.41, 5.74) is 0.152. The molecule has 4 N–H and O–H groups in total. The third-order valence-electron chi connectivity index (χ3n) is 3.02. The van der Waals surface area contributed by atoms with Gasteiger partial charge in [-0.05, 0) is 12.5 Å². The second-order valence-electron chi connectivity index (χ2n) is 4.56. The maximum absolute atomic E-state index is 11.6. The molecule has 8 nitrogen and oxygen atoms in total. The second kappa shape index (κ2) is 7.32. The number of H-pyrrole nitrogens is 1. The van der Waals surface area contributed by atoms with Crippen LogP contribution in [0.5, 0.6) is 0 Å². The zero-order valence-corrected chi connectivity index (χ0v) is 11.8. The van der Waals surface area contributed by atoms with Crippen molar-refractivity contribution in [2.45, 2.75) is 13.0 Å². The molecule has 0 unspecified atom stereocenters. The highest BCUT2D eigenvalue weighted by molar-refractivity contribution is 6.35. The molecule has 0 bridgehead atoms. The molecule has 0 radical (unpaired) electrons. The van der Waals surface area contributed by atoms with E-state index in [2.05, 4.69) is 20.8 Å². The zero-order chi connectivity index (χ0) is 15.9. The van der Waals surface area contributed by atoms with E-state index in [0.29, 0.717) is 22.9 Å². The van der Waals surface area contributed by atoms with Crippen LogP contribution in [0.2, 0.25) is 0 Å². The van der Waals surface area contributed by atoms with Crippen molar-refractivity contribution in [2.75, 3.05) is 13.2 Å². The van der Waals surface area contributed by atoms with E-state index in [9.17, 15) is 14.4 Å². The monoisotopic (exact) mass is 304 g/mol. The Morgan fingerprint density at radius 1 is 1.14 bits per heavy atom. The number of hydrogen-bond donors (Lipinski definition) is 4. The molecule has 0 aliphatic heterocycles. The minimum Gasteiger partial charge on any atom is -0.396 e. The number of aromatic amines is 1. The number of nitrogens with one attached hydrogen (secondary N) is 3. The number of nitrogens with zero attached hydrogens (tertiary/aromatic N) is 1. The van der Waals surface area contributed by atoms with Crippen molar-refractivity contribution in [2.24, 2.45) is 0 Å². The lowest BCUT2D eigenvalue weighted by Crippen LogP contribution is -2.40. The molecule has 1 aromatic carbocycles. The van der Waals surface area contributed by atoms with Crippen molar-refractivity contribution in [1.82, 2.24) is 20.8 Å². The fourth-order valence-electron chi connectivity index (χ4n) is 1.91. The first kappa shape index (κ1) is 15.6. The topological polar surface area (TPSA) is 124 Å². The summed E-state index contributed by atoms with van der Waals surface area (Å²) >= 11 is 0. The van der Waals surface area contributed by atoms with E-state index in [4.69, 9.17) is 5.11 Å². The number of hydrogen-bond acceptors (Lipinski definition) is 5. The maximum Gasteiger partial charge on any atom is 0.309 e. The molecule has 0 fully saturated rings. The smallest absolute Gasteiger partial charge is 0.309 e. The molecule has 8 heteroatoms. The fourth-order valence-corrected chi connectivity index (χ4v) is 1.91. The van der Waals surface area contributed by atoms with Gasteiger partial charge in [-0.25, -0.2) is 5.10 Å². The van der Waals surface area contributed by atoms with Crippen molar-refractivity contribution in [3.8, 4) is 0 Å². The van der Waals surface area contributed by atoms with Gasteiger partial charge >= 0.3 is 11.8 Å². The minimum atomic E-state index is -0.796. The standard InChI is InChI=1S/C14H16N4O4/c19-7-3-6-15-13(21)14(22)16-8-11-9-4-1-2-5-10(9)12(20)18-17-11/h1-2,4-5,19H,3,6-8H2,(H,15,21)(H,16,22)(H,18,20). The molecular weight excluding hydrogens is 288 g/mol. The lowest BCUT2D eigenvalue weighted by molar-refractivity contribution is -0.139. The average Bonchev–Trinajstić information content (AvgIpc) is 2.54. The zero-order valence-electron chi connectivity index (χ0n) is 11.8. The summed E-state index contributed by atoms with van der Waals surface area (Å²) in [5, 5.41) is 20.8. The van der Waals surface area contributed by atoms with E-state index in [1.807, 2.05) is 0 Å². The van der Waals surface area contributed by atoms with Gasteiger partial charge in [-0.3, -0.25) is 14.4 Å².